The second-order valence-corrected chi connectivity index (χ2v) is 6.18. The van der Waals surface area contributed by atoms with E-state index in [-0.39, 0.29) is 5.56 Å². The monoisotopic (exact) mass is 366 g/mol. The molecule has 0 aliphatic carbocycles. The Morgan fingerprint density at radius 2 is 1.57 bits per heavy atom. The van der Waals surface area contributed by atoms with Gasteiger partial charge in [-0.05, 0) is 59.7 Å². The average Bonchev–Trinajstić information content (AvgIpc) is 3.28. The number of hydrogen-bond acceptors (Lipinski definition) is 4. The number of benzene rings is 2. The maximum Gasteiger partial charge on any atom is 0.335 e. The average molecular weight is 366 g/mol. The SMILES string of the molecule is N#Cc1ccc(-c2cc(-c3ccc(C(=O)O)cc3)cc(-c3ccco3)n2)cc1. The second-order valence-electron chi connectivity index (χ2n) is 6.18. The smallest absolute Gasteiger partial charge is 0.335 e. The van der Waals surface area contributed by atoms with Crippen molar-refractivity contribution >= 4 is 5.97 Å². The predicted molar refractivity (Wildman–Crippen MR) is 104 cm³/mol. The molecule has 0 aliphatic heterocycles. The summed E-state index contributed by atoms with van der Waals surface area (Å²) in [4.78, 5) is 15.8. The third kappa shape index (κ3) is 3.39. The highest BCUT2D eigenvalue weighted by molar-refractivity contribution is 5.88. The van der Waals surface area contributed by atoms with Gasteiger partial charge in [-0.2, -0.15) is 5.26 Å². The van der Waals surface area contributed by atoms with Gasteiger partial charge in [0, 0.05) is 5.56 Å². The van der Waals surface area contributed by atoms with Crippen molar-refractivity contribution < 1.29 is 14.3 Å². The van der Waals surface area contributed by atoms with Gasteiger partial charge in [-0.25, -0.2) is 9.78 Å². The van der Waals surface area contributed by atoms with E-state index >= 15 is 0 Å². The van der Waals surface area contributed by atoms with Crippen LogP contribution in [0.2, 0.25) is 0 Å². The summed E-state index contributed by atoms with van der Waals surface area (Å²) in [6.07, 6.45) is 1.59. The highest BCUT2D eigenvalue weighted by Crippen LogP contribution is 2.30. The summed E-state index contributed by atoms with van der Waals surface area (Å²) in [6, 6.07) is 23.5. The van der Waals surface area contributed by atoms with Crippen LogP contribution in [0.5, 0.6) is 0 Å². The minimum absolute atomic E-state index is 0.233. The van der Waals surface area contributed by atoms with Crippen LogP contribution in [0.4, 0.5) is 0 Å². The van der Waals surface area contributed by atoms with Crippen molar-refractivity contribution in [2.75, 3.05) is 0 Å². The number of carbonyl (C=O) groups is 1. The number of aromatic nitrogens is 1. The molecular formula is C23H14N2O3. The van der Waals surface area contributed by atoms with E-state index < -0.39 is 5.97 Å². The molecule has 4 rings (SSSR count). The zero-order valence-electron chi connectivity index (χ0n) is 14.7. The summed E-state index contributed by atoms with van der Waals surface area (Å²) in [5, 5.41) is 18.1. The fourth-order valence-corrected chi connectivity index (χ4v) is 2.92. The third-order valence-electron chi connectivity index (χ3n) is 4.37. The van der Waals surface area contributed by atoms with Crippen molar-refractivity contribution in [3.8, 4) is 39.9 Å². The number of nitriles is 1. The lowest BCUT2D eigenvalue weighted by atomic mass is 10.00. The summed E-state index contributed by atoms with van der Waals surface area (Å²) in [6.45, 7) is 0. The Kier molecular flexibility index (Phi) is 4.45. The molecule has 2 heterocycles. The molecule has 1 N–H and O–H groups in total. The zero-order valence-corrected chi connectivity index (χ0v) is 14.7. The molecule has 0 unspecified atom stereocenters. The van der Waals surface area contributed by atoms with Crippen LogP contribution in [-0.2, 0) is 0 Å². The molecule has 0 radical (unpaired) electrons. The Morgan fingerprint density at radius 1 is 0.893 bits per heavy atom. The van der Waals surface area contributed by atoms with E-state index in [9.17, 15) is 4.79 Å². The van der Waals surface area contributed by atoms with Gasteiger partial charge in [-0.15, -0.1) is 0 Å². The Morgan fingerprint density at radius 3 is 2.18 bits per heavy atom. The van der Waals surface area contributed by atoms with Crippen LogP contribution in [0, 0.1) is 11.3 Å². The lowest BCUT2D eigenvalue weighted by molar-refractivity contribution is 0.0697. The Balaban J connectivity index is 1.84. The number of rotatable bonds is 4. The lowest BCUT2D eigenvalue weighted by Gasteiger charge is -2.09. The molecule has 134 valence electrons. The number of nitrogens with zero attached hydrogens (tertiary/aromatic N) is 2. The van der Waals surface area contributed by atoms with E-state index in [1.165, 1.54) is 0 Å². The van der Waals surface area contributed by atoms with E-state index in [1.54, 1.807) is 48.7 Å². The number of aromatic carboxylic acids is 1. The van der Waals surface area contributed by atoms with Gasteiger partial charge >= 0.3 is 5.97 Å². The Labute approximate surface area is 161 Å². The fourth-order valence-electron chi connectivity index (χ4n) is 2.92. The van der Waals surface area contributed by atoms with Crippen LogP contribution < -0.4 is 0 Å². The van der Waals surface area contributed by atoms with E-state index in [0.29, 0.717) is 17.0 Å². The van der Waals surface area contributed by atoms with Gasteiger partial charge < -0.3 is 9.52 Å². The first-order chi connectivity index (χ1) is 13.6. The molecule has 28 heavy (non-hydrogen) atoms. The Bertz CT molecular complexity index is 1170. The van der Waals surface area contributed by atoms with Gasteiger partial charge in [-0.1, -0.05) is 24.3 Å². The highest BCUT2D eigenvalue weighted by atomic mass is 16.4. The number of carboxylic acid groups (broad SMARTS) is 1. The molecule has 0 bridgehead atoms. The van der Waals surface area contributed by atoms with E-state index in [0.717, 1.165) is 22.4 Å². The van der Waals surface area contributed by atoms with Crippen LogP contribution in [-0.4, -0.2) is 16.1 Å². The largest absolute Gasteiger partial charge is 0.478 e. The maximum absolute atomic E-state index is 11.1. The molecule has 0 spiro atoms. The minimum Gasteiger partial charge on any atom is -0.478 e. The van der Waals surface area contributed by atoms with Gasteiger partial charge in [0.2, 0.25) is 0 Å². The van der Waals surface area contributed by atoms with E-state index in [4.69, 9.17) is 19.8 Å². The quantitative estimate of drug-likeness (QED) is 0.533. The zero-order chi connectivity index (χ0) is 19.5. The molecule has 0 saturated carbocycles. The first kappa shape index (κ1) is 17.3. The third-order valence-corrected chi connectivity index (χ3v) is 4.37. The van der Waals surface area contributed by atoms with Crippen molar-refractivity contribution in [2.24, 2.45) is 0 Å². The topological polar surface area (TPSA) is 87.1 Å². The highest BCUT2D eigenvalue weighted by Gasteiger charge is 2.11. The molecule has 0 atom stereocenters. The lowest BCUT2D eigenvalue weighted by Crippen LogP contribution is -1.95. The molecule has 0 aliphatic rings. The van der Waals surface area contributed by atoms with Crippen molar-refractivity contribution in [1.29, 1.82) is 5.26 Å². The van der Waals surface area contributed by atoms with Gasteiger partial charge in [0.15, 0.2) is 5.76 Å². The van der Waals surface area contributed by atoms with E-state index in [2.05, 4.69) is 6.07 Å². The molecule has 4 aromatic rings. The summed E-state index contributed by atoms with van der Waals surface area (Å²) in [5.41, 5.74) is 4.84. The molecule has 2 aromatic carbocycles. The van der Waals surface area contributed by atoms with Crippen molar-refractivity contribution in [1.82, 2.24) is 4.98 Å². The van der Waals surface area contributed by atoms with Gasteiger partial charge in [-0.3, -0.25) is 0 Å². The summed E-state index contributed by atoms with van der Waals surface area (Å²) in [5.74, 6) is -0.324. The maximum atomic E-state index is 11.1. The van der Waals surface area contributed by atoms with Crippen molar-refractivity contribution in [2.45, 2.75) is 0 Å². The van der Waals surface area contributed by atoms with Crippen LogP contribution in [0.25, 0.3) is 33.8 Å². The van der Waals surface area contributed by atoms with Crippen LogP contribution in [0.3, 0.4) is 0 Å². The van der Waals surface area contributed by atoms with Crippen LogP contribution in [0.15, 0.2) is 83.5 Å². The van der Waals surface area contributed by atoms with E-state index in [1.807, 2.05) is 30.3 Å². The first-order valence-electron chi connectivity index (χ1n) is 8.54. The number of hydrogen-bond donors (Lipinski definition) is 1. The van der Waals surface area contributed by atoms with Crippen molar-refractivity contribution in [3.63, 3.8) is 0 Å². The molecule has 0 amide bonds. The standard InChI is InChI=1S/C23H14N2O3/c24-14-15-3-5-17(6-4-15)20-12-19(13-21(25-20)22-2-1-11-28-22)16-7-9-18(10-8-16)23(26)27/h1-13H,(H,26,27). The van der Waals surface area contributed by atoms with Crippen LogP contribution in [0.1, 0.15) is 15.9 Å². The number of pyridine rings is 1. The summed E-state index contributed by atoms with van der Waals surface area (Å²) < 4.78 is 5.51. The second kappa shape index (κ2) is 7.22. The summed E-state index contributed by atoms with van der Waals surface area (Å²) >= 11 is 0. The van der Waals surface area contributed by atoms with Gasteiger partial charge in [0.25, 0.3) is 0 Å². The number of furan rings is 1. The molecule has 0 saturated heterocycles. The molecular weight excluding hydrogens is 352 g/mol. The molecule has 0 fully saturated rings. The van der Waals surface area contributed by atoms with Crippen LogP contribution >= 0.6 is 0 Å². The Hall–Kier alpha value is -4.17. The molecule has 5 nitrogen and oxygen atoms in total. The van der Waals surface area contributed by atoms with Gasteiger partial charge in [0.1, 0.15) is 5.69 Å². The van der Waals surface area contributed by atoms with Crippen molar-refractivity contribution in [3.05, 3.63) is 90.2 Å². The molecule has 2 aromatic heterocycles. The predicted octanol–water partition coefficient (Wildman–Crippen LogP) is 5.25. The molecule has 5 heteroatoms. The first-order valence-corrected chi connectivity index (χ1v) is 8.54. The number of carboxylic acids is 1. The van der Waals surface area contributed by atoms with Gasteiger partial charge in [0.05, 0.1) is 29.2 Å². The normalized spacial score (nSPS) is 10.4. The fraction of sp³-hybridized carbons (Fsp3) is 0. The minimum atomic E-state index is -0.962. The summed E-state index contributed by atoms with van der Waals surface area (Å²) in [7, 11) is 0.